The van der Waals surface area contributed by atoms with Crippen LogP contribution in [-0.2, 0) is 0 Å². The average Bonchev–Trinajstić information content (AvgIpc) is 3.26. The van der Waals surface area contributed by atoms with Crippen molar-refractivity contribution in [2.45, 2.75) is 0 Å². The summed E-state index contributed by atoms with van der Waals surface area (Å²) in [5.74, 6) is -0.861. The molecule has 0 unspecified atom stereocenters. The van der Waals surface area contributed by atoms with Gasteiger partial charge < -0.3 is 15.1 Å². The second kappa shape index (κ2) is 7.79. The van der Waals surface area contributed by atoms with Crippen molar-refractivity contribution in [2.75, 3.05) is 10.6 Å². The second-order valence-electron chi connectivity index (χ2n) is 6.61. The fourth-order valence-electron chi connectivity index (χ4n) is 3.07. The predicted molar refractivity (Wildman–Crippen MR) is 112 cm³/mol. The van der Waals surface area contributed by atoms with Crippen molar-refractivity contribution in [1.29, 1.82) is 0 Å². The van der Waals surface area contributed by atoms with E-state index in [2.05, 4.69) is 30.6 Å². The van der Waals surface area contributed by atoms with E-state index in [1.807, 2.05) is 0 Å². The molecule has 5 aromatic rings. The Hall–Kier alpha value is -4.40. The van der Waals surface area contributed by atoms with Gasteiger partial charge in [-0.3, -0.25) is 4.98 Å². The number of fused-ring (bicyclic) bond motifs is 1. The quantitative estimate of drug-likeness (QED) is 0.394. The van der Waals surface area contributed by atoms with Crippen LogP contribution >= 0.6 is 0 Å². The van der Waals surface area contributed by atoms with Crippen LogP contribution < -0.4 is 10.6 Å². The van der Waals surface area contributed by atoms with Gasteiger partial charge in [0.2, 0.25) is 5.95 Å². The molecule has 31 heavy (non-hydrogen) atoms. The maximum atomic E-state index is 14.3. The Kier molecular flexibility index (Phi) is 4.68. The highest BCUT2D eigenvalue weighted by molar-refractivity contribution is 5.78. The molecule has 0 aliphatic rings. The molecule has 0 saturated heterocycles. The maximum Gasteiger partial charge on any atom is 0.229 e. The van der Waals surface area contributed by atoms with E-state index < -0.39 is 5.82 Å². The van der Waals surface area contributed by atoms with Crippen molar-refractivity contribution in [2.24, 2.45) is 0 Å². The first-order chi connectivity index (χ1) is 15.2. The third-order valence-corrected chi connectivity index (χ3v) is 4.55. The molecule has 0 atom stereocenters. The molecule has 3 heterocycles. The smallest absolute Gasteiger partial charge is 0.229 e. The van der Waals surface area contributed by atoms with Crippen LogP contribution in [0.4, 0.5) is 31.9 Å². The highest BCUT2D eigenvalue weighted by atomic mass is 19.1. The van der Waals surface area contributed by atoms with Crippen LogP contribution in [0, 0.1) is 11.6 Å². The minimum absolute atomic E-state index is 0.0168. The summed E-state index contributed by atoms with van der Waals surface area (Å²) in [5, 5.41) is 5.89. The summed E-state index contributed by atoms with van der Waals surface area (Å²) in [5.41, 5.74) is 3.47. The highest BCUT2D eigenvalue weighted by Gasteiger charge is 2.11. The number of hydrogen-bond acceptors (Lipinski definition) is 7. The molecule has 9 heteroatoms. The second-order valence-corrected chi connectivity index (χ2v) is 6.61. The number of rotatable bonds is 5. The monoisotopic (exact) mass is 416 g/mol. The van der Waals surface area contributed by atoms with Gasteiger partial charge in [-0.2, -0.15) is 4.98 Å². The van der Waals surface area contributed by atoms with Crippen molar-refractivity contribution in [3.63, 3.8) is 0 Å². The van der Waals surface area contributed by atoms with Crippen molar-refractivity contribution < 1.29 is 13.2 Å². The zero-order valence-corrected chi connectivity index (χ0v) is 15.9. The third-order valence-electron chi connectivity index (χ3n) is 4.55. The fourth-order valence-corrected chi connectivity index (χ4v) is 3.07. The van der Waals surface area contributed by atoms with Crippen LogP contribution in [0.1, 0.15) is 0 Å². The average molecular weight is 416 g/mol. The molecular weight excluding hydrogens is 402 g/mol. The van der Waals surface area contributed by atoms with Crippen LogP contribution in [0.5, 0.6) is 0 Å². The number of nitrogens with zero attached hydrogens (tertiary/aromatic N) is 4. The van der Waals surface area contributed by atoms with Gasteiger partial charge in [-0.25, -0.2) is 18.7 Å². The van der Waals surface area contributed by atoms with Crippen molar-refractivity contribution >= 4 is 34.2 Å². The Bertz CT molecular complexity index is 1370. The van der Waals surface area contributed by atoms with Crippen LogP contribution in [-0.4, -0.2) is 19.9 Å². The summed E-state index contributed by atoms with van der Waals surface area (Å²) in [6, 6.07) is 13.1. The Morgan fingerprint density at radius 1 is 0.806 bits per heavy atom. The number of nitrogens with one attached hydrogen (secondary N) is 2. The Morgan fingerprint density at radius 2 is 1.61 bits per heavy atom. The lowest BCUT2D eigenvalue weighted by Crippen LogP contribution is -2.03. The van der Waals surface area contributed by atoms with E-state index >= 15 is 0 Å². The van der Waals surface area contributed by atoms with Gasteiger partial charge in [0.15, 0.2) is 23.6 Å². The lowest BCUT2D eigenvalue weighted by atomic mass is 10.1. The molecule has 0 aliphatic heterocycles. The summed E-state index contributed by atoms with van der Waals surface area (Å²) < 4.78 is 33.8. The van der Waals surface area contributed by atoms with Crippen molar-refractivity contribution in [3.05, 3.63) is 85.1 Å². The molecule has 0 bridgehead atoms. The first kappa shape index (κ1) is 18.6. The highest BCUT2D eigenvalue weighted by Crippen LogP contribution is 2.27. The van der Waals surface area contributed by atoms with Crippen LogP contribution in [0.3, 0.4) is 0 Å². The predicted octanol–water partition coefficient (Wildman–Crippen LogP) is 5.45. The molecule has 7 nitrogen and oxygen atoms in total. The van der Waals surface area contributed by atoms with Crippen molar-refractivity contribution in [1.82, 2.24) is 19.9 Å². The van der Waals surface area contributed by atoms with Gasteiger partial charge in [0.1, 0.15) is 11.3 Å². The Morgan fingerprint density at radius 3 is 2.48 bits per heavy atom. The van der Waals surface area contributed by atoms with E-state index in [4.69, 9.17) is 4.42 Å². The molecule has 2 aromatic carbocycles. The minimum Gasteiger partial charge on any atom is -0.443 e. The largest absolute Gasteiger partial charge is 0.443 e. The summed E-state index contributed by atoms with van der Waals surface area (Å²) in [4.78, 5) is 16.2. The molecule has 152 valence electrons. The van der Waals surface area contributed by atoms with E-state index in [0.717, 1.165) is 6.20 Å². The lowest BCUT2D eigenvalue weighted by Gasteiger charge is -2.11. The first-order valence-electron chi connectivity index (χ1n) is 9.25. The van der Waals surface area contributed by atoms with Gasteiger partial charge in [-0.05, 0) is 54.1 Å². The standard InChI is InChI=1S/C22H14F2N6O/c23-17-3-1-14(9-16(17)13-5-7-25-8-6-13)29-22-26-11-18(24)21(30-22)28-15-2-4-20-19(10-15)27-12-31-20/h1-12H,(H2,26,28,29,30). The van der Waals surface area contributed by atoms with E-state index in [1.54, 1.807) is 54.9 Å². The summed E-state index contributed by atoms with van der Waals surface area (Å²) >= 11 is 0. The zero-order chi connectivity index (χ0) is 21.2. The van der Waals surface area contributed by atoms with Gasteiger partial charge in [-0.15, -0.1) is 0 Å². The normalized spacial score (nSPS) is 10.9. The van der Waals surface area contributed by atoms with Crippen LogP contribution in [0.2, 0.25) is 0 Å². The number of pyridine rings is 1. The molecular formula is C22H14F2N6O. The van der Waals surface area contributed by atoms with Gasteiger partial charge >= 0.3 is 0 Å². The lowest BCUT2D eigenvalue weighted by molar-refractivity contribution is 0.602. The number of anilines is 4. The summed E-state index contributed by atoms with van der Waals surface area (Å²) in [7, 11) is 0. The van der Waals surface area contributed by atoms with E-state index in [9.17, 15) is 8.78 Å². The molecule has 3 aromatic heterocycles. The molecule has 5 rings (SSSR count). The maximum absolute atomic E-state index is 14.3. The van der Waals surface area contributed by atoms with Crippen molar-refractivity contribution in [3.8, 4) is 11.1 Å². The molecule has 0 fully saturated rings. The third kappa shape index (κ3) is 3.88. The summed E-state index contributed by atoms with van der Waals surface area (Å²) in [6.07, 6.45) is 5.57. The van der Waals surface area contributed by atoms with Gasteiger partial charge in [-0.1, -0.05) is 0 Å². The number of aromatic nitrogens is 4. The van der Waals surface area contributed by atoms with Gasteiger partial charge in [0.05, 0.1) is 6.20 Å². The molecule has 0 radical (unpaired) electrons. The molecule has 2 N–H and O–H groups in total. The zero-order valence-electron chi connectivity index (χ0n) is 15.9. The number of halogens is 2. The van der Waals surface area contributed by atoms with Crippen LogP contribution in [0.15, 0.2) is 77.9 Å². The van der Waals surface area contributed by atoms with E-state index in [-0.39, 0.29) is 17.6 Å². The number of oxazole rings is 1. The number of benzene rings is 2. The minimum atomic E-state index is -0.623. The molecule has 0 amide bonds. The topological polar surface area (TPSA) is 88.8 Å². The summed E-state index contributed by atoms with van der Waals surface area (Å²) in [6.45, 7) is 0. The Labute approximate surface area is 174 Å². The Balaban J connectivity index is 1.41. The fraction of sp³-hybridized carbons (Fsp3) is 0. The first-order valence-corrected chi connectivity index (χ1v) is 9.25. The molecule has 0 aliphatic carbocycles. The van der Waals surface area contributed by atoms with Gasteiger partial charge in [0, 0.05) is 29.3 Å². The SMILES string of the molecule is Fc1ccc(Nc2ncc(F)c(Nc3ccc4ocnc4c3)n2)cc1-c1ccncc1. The van der Waals surface area contributed by atoms with E-state index in [0.29, 0.717) is 33.6 Å². The van der Waals surface area contributed by atoms with E-state index in [1.165, 1.54) is 12.5 Å². The molecule has 0 spiro atoms. The molecule has 0 saturated carbocycles. The number of hydrogen-bond donors (Lipinski definition) is 2. The van der Waals surface area contributed by atoms with Gasteiger partial charge in [0.25, 0.3) is 0 Å². The van der Waals surface area contributed by atoms with Crippen LogP contribution in [0.25, 0.3) is 22.2 Å².